The van der Waals surface area contributed by atoms with E-state index >= 15 is 0 Å². The molecule has 0 bridgehead atoms. The molecule has 1 atom stereocenters. The molecule has 1 aliphatic carbocycles. The maximum Gasteiger partial charge on any atom is 0.132 e. The summed E-state index contributed by atoms with van der Waals surface area (Å²) >= 11 is 0. The summed E-state index contributed by atoms with van der Waals surface area (Å²) in [6.45, 7) is 8.99. The minimum absolute atomic E-state index is 0.0445. The maximum atomic E-state index is 10.4. The number of nitrogens with two attached hydrogens (primary N) is 1. The number of nitrogens with one attached hydrogen (secondary N) is 1. The monoisotopic (exact) mass is 489 g/mol. The second-order valence-corrected chi connectivity index (χ2v) is 10.7. The van der Waals surface area contributed by atoms with Gasteiger partial charge in [0.05, 0.1) is 17.0 Å². The number of nitrogen functional groups attached to an aromatic ring is 1. The molecule has 1 unspecified atom stereocenters. The van der Waals surface area contributed by atoms with Crippen LogP contribution in [0.15, 0.2) is 47.2 Å². The van der Waals surface area contributed by atoms with Crippen molar-refractivity contribution < 1.29 is 9.84 Å². The third kappa shape index (κ3) is 5.27. The predicted octanol–water partition coefficient (Wildman–Crippen LogP) is 3.03. The number of rotatable bonds is 7. The summed E-state index contributed by atoms with van der Waals surface area (Å²) in [5.74, 6) is 1.52. The Hall–Kier alpha value is -3.30. The van der Waals surface area contributed by atoms with E-state index in [0.717, 1.165) is 62.6 Å². The van der Waals surface area contributed by atoms with E-state index in [2.05, 4.69) is 31.7 Å². The number of hydrogen-bond donors (Lipinski definition) is 3. The molecule has 36 heavy (non-hydrogen) atoms. The highest BCUT2D eigenvalue weighted by Crippen LogP contribution is 2.40. The fourth-order valence-corrected chi connectivity index (χ4v) is 4.65. The quantitative estimate of drug-likeness (QED) is 0.403. The first-order chi connectivity index (χ1) is 17.1. The van der Waals surface area contributed by atoms with Crippen molar-refractivity contribution in [3.8, 4) is 5.75 Å². The van der Waals surface area contributed by atoms with Crippen LogP contribution in [0.4, 0.5) is 11.5 Å². The highest BCUT2D eigenvalue weighted by atomic mass is 16.5. The van der Waals surface area contributed by atoms with E-state index in [4.69, 9.17) is 15.9 Å². The average molecular weight is 490 g/mol. The van der Waals surface area contributed by atoms with Crippen molar-refractivity contribution in [2.75, 3.05) is 36.8 Å². The lowest BCUT2D eigenvalue weighted by Gasteiger charge is -2.40. The summed E-state index contributed by atoms with van der Waals surface area (Å²) in [7, 11) is 0. The summed E-state index contributed by atoms with van der Waals surface area (Å²) in [5.41, 5.74) is 8.20. The molecule has 9 heteroatoms. The maximum absolute atomic E-state index is 10.4. The van der Waals surface area contributed by atoms with Crippen LogP contribution in [0.3, 0.4) is 0 Å². The zero-order valence-corrected chi connectivity index (χ0v) is 21.2. The molecule has 3 aliphatic rings. The first kappa shape index (κ1) is 24.4. The van der Waals surface area contributed by atoms with E-state index in [1.165, 1.54) is 6.33 Å². The number of aliphatic imine (C=N–C) groups is 1. The highest BCUT2D eigenvalue weighted by Gasteiger charge is 2.40. The number of ether oxygens (including phenoxy) is 1. The molecule has 2 aromatic rings. The Kier molecular flexibility index (Phi) is 6.30. The van der Waals surface area contributed by atoms with Gasteiger partial charge in [-0.05, 0) is 63.5 Å². The van der Waals surface area contributed by atoms with Gasteiger partial charge in [-0.25, -0.2) is 9.97 Å². The first-order valence-corrected chi connectivity index (χ1v) is 12.6. The van der Waals surface area contributed by atoms with Crippen molar-refractivity contribution >= 4 is 23.4 Å². The normalized spacial score (nSPS) is 21.7. The summed E-state index contributed by atoms with van der Waals surface area (Å²) in [4.78, 5) is 18.1. The van der Waals surface area contributed by atoms with Crippen LogP contribution in [0.1, 0.15) is 51.3 Å². The van der Waals surface area contributed by atoms with Gasteiger partial charge in [0.25, 0.3) is 0 Å². The number of benzene rings is 1. The molecule has 2 aliphatic heterocycles. The molecular formula is C27H35N7O2. The summed E-state index contributed by atoms with van der Waals surface area (Å²) in [6.07, 6.45) is 8.10. The number of aromatic nitrogens is 2. The molecular weight excluding hydrogens is 454 g/mol. The van der Waals surface area contributed by atoms with Gasteiger partial charge in [0, 0.05) is 56.1 Å². The summed E-state index contributed by atoms with van der Waals surface area (Å²) < 4.78 is 6.07. The summed E-state index contributed by atoms with van der Waals surface area (Å²) in [6, 6.07) is 7.35. The number of nitrogens with zero attached hydrogens (tertiary/aromatic N) is 5. The number of dihydropyridines is 1. The number of anilines is 2. The molecule has 9 nitrogen and oxygen atoms in total. The minimum atomic E-state index is -0.834. The Morgan fingerprint density at radius 1 is 1.17 bits per heavy atom. The van der Waals surface area contributed by atoms with Gasteiger partial charge in [-0.3, -0.25) is 15.3 Å². The molecule has 0 amide bonds. The van der Waals surface area contributed by atoms with Crippen molar-refractivity contribution in [1.29, 1.82) is 5.41 Å². The number of aliphatic hydroxyl groups is 1. The number of allylic oxidation sites excluding steroid dienone is 1. The Bertz CT molecular complexity index is 1200. The van der Waals surface area contributed by atoms with Crippen LogP contribution in [0.5, 0.6) is 5.75 Å². The molecule has 3 heterocycles. The van der Waals surface area contributed by atoms with Crippen LogP contribution < -0.4 is 15.4 Å². The van der Waals surface area contributed by atoms with Crippen LogP contribution in [-0.4, -0.2) is 75.4 Å². The molecule has 2 fully saturated rings. The van der Waals surface area contributed by atoms with Gasteiger partial charge in [0.1, 0.15) is 29.7 Å². The van der Waals surface area contributed by atoms with Crippen LogP contribution in [0, 0.1) is 5.41 Å². The Labute approximate surface area is 212 Å². The first-order valence-electron chi connectivity index (χ1n) is 12.6. The van der Waals surface area contributed by atoms with Gasteiger partial charge in [-0.2, -0.15) is 0 Å². The van der Waals surface area contributed by atoms with Crippen molar-refractivity contribution in [2.45, 2.75) is 57.4 Å². The minimum Gasteiger partial charge on any atom is -0.488 e. The van der Waals surface area contributed by atoms with Crippen molar-refractivity contribution in [3.63, 3.8) is 0 Å². The molecule has 5 rings (SSSR count). The van der Waals surface area contributed by atoms with Gasteiger partial charge in [0.2, 0.25) is 0 Å². The van der Waals surface area contributed by atoms with Crippen LogP contribution in [-0.2, 0) is 0 Å². The van der Waals surface area contributed by atoms with E-state index in [-0.39, 0.29) is 17.5 Å². The fourth-order valence-electron chi connectivity index (χ4n) is 4.65. The third-order valence-corrected chi connectivity index (χ3v) is 7.30. The van der Waals surface area contributed by atoms with Gasteiger partial charge in [0.15, 0.2) is 0 Å². The molecule has 4 N–H and O–H groups in total. The lowest BCUT2D eigenvalue weighted by Crippen LogP contribution is -2.51. The lowest BCUT2D eigenvalue weighted by atomic mass is 9.92. The van der Waals surface area contributed by atoms with Gasteiger partial charge >= 0.3 is 0 Å². The van der Waals surface area contributed by atoms with E-state index in [9.17, 15) is 5.11 Å². The van der Waals surface area contributed by atoms with Gasteiger partial charge in [-0.1, -0.05) is 0 Å². The van der Waals surface area contributed by atoms with Gasteiger partial charge < -0.3 is 20.5 Å². The largest absolute Gasteiger partial charge is 0.488 e. The molecule has 0 spiro atoms. The zero-order valence-electron chi connectivity index (χ0n) is 21.2. The molecule has 1 saturated carbocycles. The Balaban J connectivity index is 1.25. The van der Waals surface area contributed by atoms with Crippen LogP contribution in [0.2, 0.25) is 0 Å². The predicted molar refractivity (Wildman–Crippen MR) is 142 cm³/mol. The topological polar surface area (TPSA) is 124 Å². The van der Waals surface area contributed by atoms with E-state index < -0.39 is 5.60 Å². The zero-order chi connectivity index (χ0) is 25.5. The van der Waals surface area contributed by atoms with E-state index in [0.29, 0.717) is 16.9 Å². The molecule has 190 valence electrons. The van der Waals surface area contributed by atoms with E-state index in [1.807, 2.05) is 44.3 Å². The van der Waals surface area contributed by atoms with Crippen LogP contribution in [0.25, 0.3) is 0 Å². The van der Waals surface area contributed by atoms with E-state index in [1.54, 1.807) is 6.07 Å². The van der Waals surface area contributed by atoms with Crippen molar-refractivity contribution in [3.05, 3.63) is 53.5 Å². The van der Waals surface area contributed by atoms with Gasteiger partial charge in [-0.15, -0.1) is 0 Å². The molecule has 1 aromatic carbocycles. The van der Waals surface area contributed by atoms with Crippen LogP contribution >= 0.6 is 0 Å². The smallest absolute Gasteiger partial charge is 0.132 e. The van der Waals surface area contributed by atoms with Crippen molar-refractivity contribution in [1.82, 2.24) is 14.9 Å². The summed E-state index contributed by atoms with van der Waals surface area (Å²) in [5, 5.41) is 19.2. The van der Waals surface area contributed by atoms with Crippen molar-refractivity contribution in [2.24, 2.45) is 4.99 Å². The molecule has 1 saturated heterocycles. The number of piperazine rings is 1. The SMILES string of the molecule is CC1(Oc2ccc(N)c(C(=N)c3cc(N4CCN(C5CC(C(C)(C)O)=CC=N5)CC4)ncn3)c2)CC1. The fraction of sp³-hybridized carbons (Fsp3) is 0.481. The Morgan fingerprint density at radius 2 is 1.92 bits per heavy atom. The molecule has 1 aromatic heterocycles. The highest BCUT2D eigenvalue weighted by molar-refractivity contribution is 6.13. The Morgan fingerprint density at radius 3 is 2.61 bits per heavy atom. The number of hydrogen-bond acceptors (Lipinski definition) is 9. The second-order valence-electron chi connectivity index (χ2n) is 10.7. The standard InChI is InChI=1S/C27H35N7O2/c1-26(2,35)18-6-9-30-23(14-18)33-10-12-34(13-11-33)24-16-22(31-17-32-24)25(29)20-15-19(4-5-21(20)28)36-27(3)7-8-27/h4-6,9,15-17,23,29,35H,7-8,10-14,28H2,1-3H3. The molecule has 0 radical (unpaired) electrons. The second kappa shape index (κ2) is 9.29. The lowest BCUT2D eigenvalue weighted by molar-refractivity contribution is 0.104. The third-order valence-electron chi connectivity index (χ3n) is 7.30. The average Bonchev–Trinajstić information content (AvgIpc) is 3.61.